The van der Waals surface area contributed by atoms with E-state index in [9.17, 15) is 9.59 Å². The fraction of sp³-hybridized carbons (Fsp3) is 0.571. The van der Waals surface area contributed by atoms with Crippen molar-refractivity contribution in [2.75, 3.05) is 6.54 Å². The molecule has 1 heterocycles. The maximum atomic E-state index is 12.3. The van der Waals surface area contributed by atoms with Crippen LogP contribution in [0.15, 0.2) is 24.3 Å². The van der Waals surface area contributed by atoms with Gasteiger partial charge in [0.25, 0.3) is 0 Å². The van der Waals surface area contributed by atoms with Crippen LogP contribution in [0.5, 0.6) is 0 Å². The van der Waals surface area contributed by atoms with E-state index < -0.39 is 0 Å². The van der Waals surface area contributed by atoms with Gasteiger partial charge in [-0.05, 0) is 37.8 Å². The summed E-state index contributed by atoms with van der Waals surface area (Å²) in [5, 5.41) is 6.12. The van der Waals surface area contributed by atoms with Crippen LogP contribution in [-0.4, -0.2) is 34.0 Å². The Bertz CT molecular complexity index is 819. The van der Waals surface area contributed by atoms with Gasteiger partial charge in [-0.25, -0.2) is 4.98 Å². The molecule has 4 rings (SSSR count). The quantitative estimate of drug-likeness (QED) is 0.789. The number of hydrogen-bond donors (Lipinski definition) is 2. The molecule has 0 aliphatic heterocycles. The molecule has 0 radical (unpaired) electrons. The molecule has 2 saturated carbocycles. The molecule has 1 aromatic carbocycles. The van der Waals surface area contributed by atoms with E-state index in [0.29, 0.717) is 19.0 Å². The van der Waals surface area contributed by atoms with Crippen LogP contribution in [0.1, 0.15) is 50.8 Å². The molecule has 0 atom stereocenters. The highest BCUT2D eigenvalue weighted by Gasteiger charge is 2.24. The molecule has 144 valence electrons. The summed E-state index contributed by atoms with van der Waals surface area (Å²) in [7, 11) is 0. The number of fused-ring (bicyclic) bond motifs is 1. The smallest absolute Gasteiger partial charge is 0.240 e. The Morgan fingerprint density at radius 1 is 1.07 bits per heavy atom. The number of rotatable bonds is 7. The van der Waals surface area contributed by atoms with Gasteiger partial charge in [0, 0.05) is 24.9 Å². The second-order valence-electron chi connectivity index (χ2n) is 7.82. The summed E-state index contributed by atoms with van der Waals surface area (Å²) < 4.78 is 1.99. The standard InChI is InChI=1S/C21H28N4O2/c26-20(23-16-10-11-16)14-25-18-9-5-4-8-17(18)24-19(25)12-13-22-21(27)15-6-2-1-3-7-15/h4-5,8-9,15-16H,1-3,6-7,10-14H2,(H,22,27)(H,23,26). The van der Waals surface area contributed by atoms with Crippen LogP contribution in [0.3, 0.4) is 0 Å². The predicted molar refractivity (Wildman–Crippen MR) is 104 cm³/mol. The van der Waals surface area contributed by atoms with Crippen molar-refractivity contribution in [3.05, 3.63) is 30.1 Å². The fourth-order valence-corrected chi connectivity index (χ4v) is 3.94. The van der Waals surface area contributed by atoms with Crippen molar-refractivity contribution in [1.82, 2.24) is 20.2 Å². The number of aromatic nitrogens is 2. The highest BCUT2D eigenvalue weighted by Crippen LogP contribution is 2.23. The number of hydrogen-bond acceptors (Lipinski definition) is 3. The second-order valence-corrected chi connectivity index (χ2v) is 7.82. The average molecular weight is 368 g/mol. The van der Waals surface area contributed by atoms with Gasteiger partial charge in [-0.2, -0.15) is 0 Å². The van der Waals surface area contributed by atoms with Gasteiger partial charge in [-0.15, -0.1) is 0 Å². The Kier molecular flexibility index (Phi) is 5.41. The molecule has 0 spiro atoms. The van der Waals surface area contributed by atoms with Crippen LogP contribution in [0.2, 0.25) is 0 Å². The van der Waals surface area contributed by atoms with Crippen molar-refractivity contribution < 1.29 is 9.59 Å². The maximum absolute atomic E-state index is 12.3. The van der Waals surface area contributed by atoms with E-state index in [1.54, 1.807) is 0 Å². The summed E-state index contributed by atoms with van der Waals surface area (Å²) in [6.45, 7) is 0.839. The Morgan fingerprint density at radius 3 is 2.63 bits per heavy atom. The van der Waals surface area contributed by atoms with E-state index in [4.69, 9.17) is 4.98 Å². The van der Waals surface area contributed by atoms with E-state index in [2.05, 4.69) is 10.6 Å². The van der Waals surface area contributed by atoms with E-state index in [0.717, 1.165) is 55.4 Å². The first kappa shape index (κ1) is 18.0. The first-order chi connectivity index (χ1) is 13.2. The summed E-state index contributed by atoms with van der Waals surface area (Å²) in [4.78, 5) is 29.4. The summed E-state index contributed by atoms with van der Waals surface area (Å²) in [5.41, 5.74) is 1.86. The van der Waals surface area contributed by atoms with Gasteiger partial charge < -0.3 is 15.2 Å². The molecule has 2 aliphatic carbocycles. The number of carbonyl (C=O) groups excluding carboxylic acids is 2. The molecule has 0 bridgehead atoms. The zero-order chi connectivity index (χ0) is 18.6. The number of benzene rings is 1. The Labute approximate surface area is 159 Å². The maximum Gasteiger partial charge on any atom is 0.240 e. The van der Waals surface area contributed by atoms with E-state index in [1.807, 2.05) is 28.8 Å². The number of nitrogens with zero attached hydrogens (tertiary/aromatic N) is 2. The minimum atomic E-state index is 0.0353. The van der Waals surface area contributed by atoms with Crippen LogP contribution >= 0.6 is 0 Å². The van der Waals surface area contributed by atoms with Gasteiger partial charge in [0.05, 0.1) is 11.0 Å². The van der Waals surface area contributed by atoms with Gasteiger partial charge in [0.15, 0.2) is 0 Å². The van der Waals surface area contributed by atoms with Crippen molar-refractivity contribution in [3.63, 3.8) is 0 Å². The highest BCUT2D eigenvalue weighted by atomic mass is 16.2. The zero-order valence-corrected chi connectivity index (χ0v) is 15.7. The van der Waals surface area contributed by atoms with Crippen molar-refractivity contribution in [1.29, 1.82) is 0 Å². The van der Waals surface area contributed by atoms with Crippen molar-refractivity contribution in [2.24, 2.45) is 5.92 Å². The summed E-state index contributed by atoms with van der Waals surface area (Å²) >= 11 is 0. The minimum Gasteiger partial charge on any atom is -0.355 e. The third-order valence-electron chi connectivity index (χ3n) is 5.60. The highest BCUT2D eigenvalue weighted by molar-refractivity contribution is 5.81. The van der Waals surface area contributed by atoms with E-state index >= 15 is 0 Å². The van der Waals surface area contributed by atoms with Crippen LogP contribution in [0.25, 0.3) is 11.0 Å². The first-order valence-electron chi connectivity index (χ1n) is 10.2. The van der Waals surface area contributed by atoms with E-state index in [-0.39, 0.29) is 24.3 Å². The monoisotopic (exact) mass is 368 g/mol. The molecule has 2 amide bonds. The Balaban J connectivity index is 1.41. The third-order valence-corrected chi connectivity index (χ3v) is 5.60. The molecule has 2 N–H and O–H groups in total. The van der Waals surface area contributed by atoms with Crippen molar-refractivity contribution >= 4 is 22.8 Å². The van der Waals surface area contributed by atoms with Gasteiger partial charge in [-0.3, -0.25) is 9.59 Å². The molecule has 2 aromatic rings. The number of carbonyl (C=O) groups is 2. The lowest BCUT2D eigenvalue weighted by Crippen LogP contribution is -2.34. The van der Waals surface area contributed by atoms with Gasteiger partial charge in [-0.1, -0.05) is 31.4 Å². The molecular weight excluding hydrogens is 340 g/mol. The molecule has 1 aromatic heterocycles. The predicted octanol–water partition coefficient (Wildman–Crippen LogP) is 2.55. The molecule has 6 nitrogen and oxygen atoms in total. The van der Waals surface area contributed by atoms with Gasteiger partial charge in [0.1, 0.15) is 12.4 Å². The lowest BCUT2D eigenvalue weighted by Gasteiger charge is -2.20. The molecule has 0 unspecified atom stereocenters. The third kappa shape index (κ3) is 4.49. The Hall–Kier alpha value is -2.37. The molecule has 0 saturated heterocycles. The fourth-order valence-electron chi connectivity index (χ4n) is 3.94. The van der Waals surface area contributed by atoms with Crippen LogP contribution < -0.4 is 10.6 Å². The summed E-state index contributed by atoms with van der Waals surface area (Å²) in [6, 6.07) is 8.24. The second kappa shape index (κ2) is 8.11. The largest absolute Gasteiger partial charge is 0.355 e. The molecule has 2 aliphatic rings. The average Bonchev–Trinajstić information content (AvgIpc) is 3.44. The summed E-state index contributed by atoms with van der Waals surface area (Å²) in [5.74, 6) is 1.23. The normalized spacial score (nSPS) is 17.8. The lowest BCUT2D eigenvalue weighted by atomic mass is 9.89. The zero-order valence-electron chi connectivity index (χ0n) is 15.7. The first-order valence-corrected chi connectivity index (χ1v) is 10.2. The van der Waals surface area contributed by atoms with Crippen LogP contribution in [0.4, 0.5) is 0 Å². The SMILES string of the molecule is O=C(Cn1c(CCNC(=O)C2CCCCC2)nc2ccccc21)NC1CC1. The Morgan fingerprint density at radius 2 is 1.85 bits per heavy atom. The molecule has 6 heteroatoms. The minimum absolute atomic E-state index is 0.0353. The van der Waals surface area contributed by atoms with Gasteiger partial charge >= 0.3 is 0 Å². The molecular formula is C21H28N4O2. The van der Waals surface area contributed by atoms with Crippen LogP contribution in [0, 0.1) is 5.92 Å². The molecule has 27 heavy (non-hydrogen) atoms. The number of nitrogens with one attached hydrogen (secondary N) is 2. The van der Waals surface area contributed by atoms with Gasteiger partial charge in [0.2, 0.25) is 11.8 Å². The van der Waals surface area contributed by atoms with Crippen molar-refractivity contribution in [3.8, 4) is 0 Å². The molecule has 2 fully saturated rings. The number of amides is 2. The number of imidazole rings is 1. The van der Waals surface area contributed by atoms with Crippen LogP contribution in [-0.2, 0) is 22.6 Å². The summed E-state index contributed by atoms with van der Waals surface area (Å²) in [6.07, 6.45) is 8.36. The van der Waals surface area contributed by atoms with E-state index in [1.165, 1.54) is 6.42 Å². The lowest BCUT2D eigenvalue weighted by molar-refractivity contribution is -0.126. The topological polar surface area (TPSA) is 76.0 Å². The number of para-hydroxylation sites is 2. The van der Waals surface area contributed by atoms with Crippen molar-refractivity contribution in [2.45, 2.75) is 64.0 Å².